The van der Waals surface area contributed by atoms with Crippen molar-refractivity contribution in [1.29, 1.82) is 0 Å². The molecule has 0 saturated carbocycles. The number of likely N-dealkylation sites (tertiary alicyclic amines) is 1. The molecular weight excluding hydrogens is 411 g/mol. The summed E-state index contributed by atoms with van der Waals surface area (Å²) in [5.74, 6) is -0.443. The maximum atomic E-state index is 13.5. The first kappa shape index (κ1) is 20.9. The highest BCUT2D eigenvalue weighted by Gasteiger charge is 2.54. The minimum atomic E-state index is -0.354. The highest BCUT2D eigenvalue weighted by atomic mass is 19.1. The minimum absolute atomic E-state index is 0.0441. The van der Waals surface area contributed by atoms with Gasteiger partial charge in [-0.25, -0.2) is 9.18 Å². The zero-order valence-corrected chi connectivity index (χ0v) is 18.0. The van der Waals surface area contributed by atoms with Crippen LogP contribution in [-0.2, 0) is 11.3 Å². The van der Waals surface area contributed by atoms with Gasteiger partial charge in [0.15, 0.2) is 0 Å². The summed E-state index contributed by atoms with van der Waals surface area (Å²) in [7, 11) is 0. The Morgan fingerprint density at radius 3 is 2.62 bits per heavy atom. The van der Waals surface area contributed by atoms with Gasteiger partial charge in [-0.15, -0.1) is 0 Å². The fourth-order valence-corrected chi connectivity index (χ4v) is 5.25. The number of rotatable bonds is 4. The van der Waals surface area contributed by atoms with Gasteiger partial charge in [-0.3, -0.25) is 9.78 Å². The third-order valence-corrected chi connectivity index (χ3v) is 6.86. The van der Waals surface area contributed by atoms with Crippen molar-refractivity contribution in [2.75, 3.05) is 32.8 Å². The van der Waals surface area contributed by atoms with E-state index in [4.69, 9.17) is 4.74 Å². The SMILES string of the molecule is O=C(c1ccc(F)cc1)N1CCC(N2C(=O)N(Cc3cccnc3)CC23CCOC3)CC1. The molecule has 1 atom stereocenters. The van der Waals surface area contributed by atoms with Crippen molar-refractivity contribution < 1.29 is 18.7 Å². The third-order valence-electron chi connectivity index (χ3n) is 6.86. The molecule has 0 radical (unpaired) electrons. The first-order chi connectivity index (χ1) is 15.6. The second-order valence-corrected chi connectivity index (χ2v) is 8.93. The highest BCUT2D eigenvalue weighted by Crippen LogP contribution is 2.38. The van der Waals surface area contributed by atoms with Crippen molar-refractivity contribution >= 4 is 11.9 Å². The number of carbonyl (C=O) groups is 2. The van der Waals surface area contributed by atoms with E-state index in [1.165, 1.54) is 24.3 Å². The van der Waals surface area contributed by atoms with Crippen LogP contribution in [-0.4, -0.2) is 76.1 Å². The maximum Gasteiger partial charge on any atom is 0.321 e. The number of ether oxygens (including phenoxy) is 1. The maximum absolute atomic E-state index is 13.5. The van der Waals surface area contributed by atoms with Crippen LogP contribution < -0.4 is 0 Å². The largest absolute Gasteiger partial charge is 0.379 e. The van der Waals surface area contributed by atoms with Gasteiger partial charge in [-0.2, -0.15) is 0 Å². The monoisotopic (exact) mass is 438 g/mol. The van der Waals surface area contributed by atoms with Gasteiger partial charge < -0.3 is 19.4 Å². The fraction of sp³-hybridized carbons (Fsp3) is 0.458. The Kier molecular flexibility index (Phi) is 5.55. The van der Waals surface area contributed by atoms with Crippen LogP contribution in [0.25, 0.3) is 0 Å². The predicted octanol–water partition coefficient (Wildman–Crippen LogP) is 2.92. The number of carbonyl (C=O) groups excluding carboxylic acids is 2. The molecule has 1 unspecified atom stereocenters. The molecule has 8 heteroatoms. The molecule has 5 rings (SSSR count). The molecule has 0 N–H and O–H groups in total. The Morgan fingerprint density at radius 1 is 1.19 bits per heavy atom. The van der Waals surface area contributed by atoms with Crippen molar-refractivity contribution in [2.45, 2.75) is 37.4 Å². The van der Waals surface area contributed by atoms with Crippen LogP contribution in [0.15, 0.2) is 48.8 Å². The van der Waals surface area contributed by atoms with Crippen LogP contribution in [0, 0.1) is 5.82 Å². The van der Waals surface area contributed by atoms with Crippen LogP contribution >= 0.6 is 0 Å². The normalized spacial score (nSPS) is 24.0. The molecule has 1 spiro atoms. The topological polar surface area (TPSA) is 66.0 Å². The van der Waals surface area contributed by atoms with Gasteiger partial charge in [-0.1, -0.05) is 6.07 Å². The molecule has 0 aliphatic carbocycles. The molecular formula is C24H27FN4O3. The number of benzene rings is 1. The summed E-state index contributed by atoms with van der Waals surface area (Å²) in [6, 6.07) is 9.65. The molecule has 168 valence electrons. The number of nitrogens with zero attached hydrogens (tertiary/aromatic N) is 4. The van der Waals surface area contributed by atoms with E-state index in [-0.39, 0.29) is 29.3 Å². The average Bonchev–Trinajstić information content (AvgIpc) is 3.39. The lowest BCUT2D eigenvalue weighted by Crippen LogP contribution is -2.56. The van der Waals surface area contributed by atoms with Crippen molar-refractivity contribution in [2.24, 2.45) is 0 Å². The molecule has 1 aromatic carbocycles. The standard InChI is InChI=1S/C24H27FN4O3/c25-20-5-3-19(4-6-20)22(30)27-11-7-21(8-12-27)29-23(31)28(15-18-2-1-10-26-14-18)16-24(29)9-13-32-17-24/h1-6,10,14,21H,7-9,11-13,15-17H2. The number of hydrogen-bond acceptors (Lipinski definition) is 4. The van der Waals surface area contributed by atoms with E-state index in [2.05, 4.69) is 9.88 Å². The van der Waals surface area contributed by atoms with Crippen LogP contribution in [0.3, 0.4) is 0 Å². The molecule has 3 saturated heterocycles. The molecule has 3 fully saturated rings. The summed E-state index contributed by atoms with van der Waals surface area (Å²) in [6.07, 6.45) is 5.81. The van der Waals surface area contributed by atoms with Crippen molar-refractivity contribution in [3.63, 3.8) is 0 Å². The number of hydrogen-bond donors (Lipinski definition) is 0. The Hall–Kier alpha value is -3.00. The lowest BCUT2D eigenvalue weighted by atomic mass is 9.92. The van der Waals surface area contributed by atoms with Crippen LogP contribution in [0.2, 0.25) is 0 Å². The second-order valence-electron chi connectivity index (χ2n) is 8.93. The fourth-order valence-electron chi connectivity index (χ4n) is 5.25. The number of piperidine rings is 1. The zero-order chi connectivity index (χ0) is 22.1. The van der Waals surface area contributed by atoms with Crippen LogP contribution in [0.4, 0.5) is 9.18 Å². The van der Waals surface area contributed by atoms with Gasteiger partial charge in [-0.05, 0) is 55.2 Å². The molecule has 2 aromatic rings. The van der Waals surface area contributed by atoms with E-state index in [1.807, 2.05) is 17.0 Å². The van der Waals surface area contributed by atoms with E-state index >= 15 is 0 Å². The van der Waals surface area contributed by atoms with Crippen molar-refractivity contribution in [3.8, 4) is 0 Å². The summed E-state index contributed by atoms with van der Waals surface area (Å²) < 4.78 is 18.9. The predicted molar refractivity (Wildman–Crippen MR) is 115 cm³/mol. The van der Waals surface area contributed by atoms with Crippen LogP contribution in [0.1, 0.15) is 35.2 Å². The molecule has 4 heterocycles. The zero-order valence-electron chi connectivity index (χ0n) is 18.0. The summed E-state index contributed by atoms with van der Waals surface area (Å²) in [4.78, 5) is 36.2. The summed E-state index contributed by atoms with van der Waals surface area (Å²) in [5.41, 5.74) is 1.20. The van der Waals surface area contributed by atoms with E-state index in [9.17, 15) is 14.0 Å². The summed E-state index contributed by atoms with van der Waals surface area (Å²) >= 11 is 0. The second kappa shape index (κ2) is 8.50. The van der Waals surface area contributed by atoms with E-state index in [0.29, 0.717) is 45.0 Å². The molecule has 7 nitrogen and oxygen atoms in total. The Labute approximate surface area is 186 Å². The quantitative estimate of drug-likeness (QED) is 0.736. The van der Waals surface area contributed by atoms with Crippen LogP contribution in [0.5, 0.6) is 0 Å². The Bertz CT molecular complexity index is 970. The van der Waals surface area contributed by atoms with E-state index in [0.717, 1.165) is 24.8 Å². The molecule has 32 heavy (non-hydrogen) atoms. The Balaban J connectivity index is 1.28. The summed E-state index contributed by atoms with van der Waals surface area (Å²) in [6.45, 7) is 3.54. The highest BCUT2D eigenvalue weighted by molar-refractivity contribution is 5.94. The molecule has 0 bridgehead atoms. The first-order valence-electron chi connectivity index (χ1n) is 11.2. The van der Waals surface area contributed by atoms with Gasteiger partial charge in [0.05, 0.1) is 12.1 Å². The lowest BCUT2D eigenvalue weighted by Gasteiger charge is -2.42. The molecule has 1 aromatic heterocycles. The molecule has 3 aliphatic heterocycles. The van der Waals surface area contributed by atoms with Gasteiger partial charge in [0.25, 0.3) is 5.91 Å². The third kappa shape index (κ3) is 3.83. The average molecular weight is 439 g/mol. The van der Waals surface area contributed by atoms with E-state index in [1.54, 1.807) is 17.3 Å². The minimum Gasteiger partial charge on any atom is -0.379 e. The van der Waals surface area contributed by atoms with Gasteiger partial charge >= 0.3 is 6.03 Å². The van der Waals surface area contributed by atoms with Gasteiger partial charge in [0, 0.05) is 56.8 Å². The molecule has 3 aliphatic rings. The number of amides is 3. The number of halogens is 1. The summed E-state index contributed by atoms with van der Waals surface area (Å²) in [5, 5.41) is 0. The first-order valence-corrected chi connectivity index (χ1v) is 11.2. The number of pyridine rings is 1. The lowest BCUT2D eigenvalue weighted by molar-refractivity contribution is 0.0498. The molecule has 3 amide bonds. The van der Waals surface area contributed by atoms with Gasteiger partial charge in [0.1, 0.15) is 5.82 Å². The van der Waals surface area contributed by atoms with Crippen molar-refractivity contribution in [1.82, 2.24) is 19.7 Å². The van der Waals surface area contributed by atoms with E-state index < -0.39 is 0 Å². The smallest absolute Gasteiger partial charge is 0.321 e. The van der Waals surface area contributed by atoms with Gasteiger partial charge in [0.2, 0.25) is 0 Å². The Morgan fingerprint density at radius 2 is 1.97 bits per heavy atom. The number of aromatic nitrogens is 1. The van der Waals surface area contributed by atoms with Crippen molar-refractivity contribution in [3.05, 3.63) is 65.7 Å². The number of urea groups is 1.